The molecule has 2 rings (SSSR count). The van der Waals surface area contributed by atoms with Crippen LogP contribution >= 0.6 is 0 Å². The van der Waals surface area contributed by atoms with Crippen molar-refractivity contribution in [2.75, 3.05) is 0 Å². The van der Waals surface area contributed by atoms with Crippen molar-refractivity contribution in [3.05, 3.63) is 0 Å². The minimum Gasteiger partial charge on any atom is -0.327 e. The Kier molecular flexibility index (Phi) is 3.39. The summed E-state index contributed by atoms with van der Waals surface area (Å²) in [4.78, 5) is 0. The molecule has 2 N–H and O–H groups in total. The summed E-state index contributed by atoms with van der Waals surface area (Å²) >= 11 is 0. The molecule has 15 heavy (non-hydrogen) atoms. The van der Waals surface area contributed by atoms with Gasteiger partial charge in [0, 0.05) is 6.04 Å². The molecule has 0 heterocycles. The molecule has 0 bridgehead atoms. The predicted octanol–water partition coefficient (Wildman–Crippen LogP) is 3.72. The second-order valence-electron chi connectivity index (χ2n) is 6.69. The van der Waals surface area contributed by atoms with Gasteiger partial charge in [-0.1, -0.05) is 26.7 Å². The van der Waals surface area contributed by atoms with Crippen LogP contribution in [-0.4, -0.2) is 6.04 Å². The van der Waals surface area contributed by atoms with Crippen molar-refractivity contribution in [3.63, 3.8) is 0 Å². The number of hydrogen-bond acceptors (Lipinski definition) is 1. The van der Waals surface area contributed by atoms with Crippen LogP contribution in [0, 0.1) is 17.3 Å². The molecule has 2 fully saturated rings. The maximum atomic E-state index is 6.31. The topological polar surface area (TPSA) is 26.0 Å². The molecule has 88 valence electrons. The zero-order valence-electron chi connectivity index (χ0n) is 10.5. The van der Waals surface area contributed by atoms with E-state index >= 15 is 0 Å². The fourth-order valence-electron chi connectivity index (χ4n) is 2.92. The molecular formula is C14H27N. The molecule has 1 nitrogen and oxygen atoms in total. The van der Waals surface area contributed by atoms with Crippen molar-refractivity contribution in [3.8, 4) is 0 Å². The van der Waals surface area contributed by atoms with Gasteiger partial charge in [-0.2, -0.15) is 0 Å². The van der Waals surface area contributed by atoms with Crippen molar-refractivity contribution < 1.29 is 0 Å². The zero-order valence-corrected chi connectivity index (χ0v) is 10.5. The van der Waals surface area contributed by atoms with Gasteiger partial charge in [0.1, 0.15) is 0 Å². The highest BCUT2D eigenvalue weighted by Gasteiger charge is 2.30. The summed E-state index contributed by atoms with van der Waals surface area (Å²) in [6.45, 7) is 4.80. The highest BCUT2D eigenvalue weighted by molar-refractivity contribution is 4.85. The van der Waals surface area contributed by atoms with Crippen LogP contribution in [-0.2, 0) is 0 Å². The molecule has 0 aromatic heterocycles. The zero-order chi connectivity index (χ0) is 10.9. The van der Waals surface area contributed by atoms with Gasteiger partial charge in [-0.25, -0.2) is 0 Å². The van der Waals surface area contributed by atoms with Crippen LogP contribution < -0.4 is 5.73 Å². The third-order valence-corrected chi connectivity index (χ3v) is 4.59. The van der Waals surface area contributed by atoms with Crippen LogP contribution in [0.25, 0.3) is 0 Å². The van der Waals surface area contributed by atoms with Gasteiger partial charge < -0.3 is 5.73 Å². The Morgan fingerprint density at radius 3 is 2.27 bits per heavy atom. The molecule has 0 spiro atoms. The molecule has 0 aromatic carbocycles. The Morgan fingerprint density at radius 1 is 1.13 bits per heavy atom. The molecule has 0 saturated heterocycles. The first-order chi connectivity index (χ1) is 7.07. The van der Waals surface area contributed by atoms with Crippen LogP contribution in [0.4, 0.5) is 0 Å². The van der Waals surface area contributed by atoms with Gasteiger partial charge in [0.05, 0.1) is 0 Å². The van der Waals surface area contributed by atoms with Crippen molar-refractivity contribution in [2.24, 2.45) is 23.0 Å². The lowest BCUT2D eigenvalue weighted by Gasteiger charge is -2.36. The largest absolute Gasteiger partial charge is 0.327 e. The third-order valence-electron chi connectivity index (χ3n) is 4.59. The third kappa shape index (κ3) is 3.48. The van der Waals surface area contributed by atoms with E-state index in [0.717, 1.165) is 11.8 Å². The van der Waals surface area contributed by atoms with Gasteiger partial charge in [0.25, 0.3) is 0 Å². The predicted molar refractivity (Wildman–Crippen MR) is 65.7 cm³/mol. The highest BCUT2D eigenvalue weighted by atomic mass is 14.7. The second kappa shape index (κ2) is 4.45. The minimum absolute atomic E-state index is 0.502. The van der Waals surface area contributed by atoms with Crippen LogP contribution in [0.3, 0.4) is 0 Å². The first-order valence-corrected chi connectivity index (χ1v) is 6.82. The summed E-state index contributed by atoms with van der Waals surface area (Å²) in [5, 5.41) is 0. The average molecular weight is 209 g/mol. The SMILES string of the molecule is CC1(C)CCC(C(N)CCC2CC2)CC1. The van der Waals surface area contributed by atoms with Crippen LogP contribution in [0.5, 0.6) is 0 Å². The lowest BCUT2D eigenvalue weighted by atomic mass is 9.70. The van der Waals surface area contributed by atoms with Gasteiger partial charge >= 0.3 is 0 Å². The van der Waals surface area contributed by atoms with E-state index < -0.39 is 0 Å². The summed E-state index contributed by atoms with van der Waals surface area (Å²) in [6, 6.07) is 0.502. The van der Waals surface area contributed by atoms with Gasteiger partial charge in [-0.05, 0) is 55.8 Å². The normalized spacial score (nSPS) is 29.0. The molecular weight excluding hydrogens is 182 g/mol. The summed E-state index contributed by atoms with van der Waals surface area (Å²) in [7, 11) is 0. The highest BCUT2D eigenvalue weighted by Crippen LogP contribution is 2.40. The Balaban J connectivity index is 1.69. The quantitative estimate of drug-likeness (QED) is 0.750. The molecule has 1 unspecified atom stereocenters. The van der Waals surface area contributed by atoms with Crippen molar-refractivity contribution in [1.29, 1.82) is 0 Å². The van der Waals surface area contributed by atoms with Crippen molar-refractivity contribution in [2.45, 2.75) is 71.3 Å². The van der Waals surface area contributed by atoms with E-state index in [9.17, 15) is 0 Å². The Bertz CT molecular complexity index is 195. The van der Waals surface area contributed by atoms with Crippen molar-refractivity contribution >= 4 is 0 Å². The molecule has 2 aliphatic rings. The van der Waals surface area contributed by atoms with Gasteiger partial charge in [-0.15, -0.1) is 0 Å². The molecule has 0 radical (unpaired) electrons. The lowest BCUT2D eigenvalue weighted by Crippen LogP contribution is -2.34. The van der Waals surface area contributed by atoms with Gasteiger partial charge in [0.15, 0.2) is 0 Å². The van der Waals surface area contributed by atoms with Gasteiger partial charge in [0.2, 0.25) is 0 Å². The van der Waals surface area contributed by atoms with Crippen LogP contribution in [0.15, 0.2) is 0 Å². The van der Waals surface area contributed by atoms with Crippen molar-refractivity contribution in [1.82, 2.24) is 0 Å². The van der Waals surface area contributed by atoms with Crippen LogP contribution in [0.1, 0.15) is 65.2 Å². The Hall–Kier alpha value is -0.0400. The molecule has 0 aliphatic heterocycles. The Morgan fingerprint density at radius 2 is 1.73 bits per heavy atom. The van der Waals surface area contributed by atoms with E-state index in [4.69, 9.17) is 5.73 Å². The maximum absolute atomic E-state index is 6.31. The fourth-order valence-corrected chi connectivity index (χ4v) is 2.92. The molecule has 0 aromatic rings. The number of hydrogen-bond donors (Lipinski definition) is 1. The summed E-state index contributed by atoms with van der Waals surface area (Å²) < 4.78 is 0. The average Bonchev–Trinajstić information content (AvgIpc) is 2.97. The van der Waals surface area contributed by atoms with E-state index in [-0.39, 0.29) is 0 Å². The Labute approximate surface area is 94.8 Å². The fraction of sp³-hybridized carbons (Fsp3) is 1.00. The standard InChI is InChI=1S/C14H27N/c1-14(2)9-7-12(8-10-14)13(15)6-5-11-3-4-11/h11-13H,3-10,15H2,1-2H3. The minimum atomic E-state index is 0.502. The van der Waals surface area contributed by atoms with E-state index in [0.29, 0.717) is 11.5 Å². The first-order valence-electron chi connectivity index (χ1n) is 6.82. The van der Waals surface area contributed by atoms with E-state index in [2.05, 4.69) is 13.8 Å². The molecule has 2 aliphatic carbocycles. The molecule has 1 atom stereocenters. The molecule has 2 saturated carbocycles. The smallest absolute Gasteiger partial charge is 0.00672 e. The summed E-state index contributed by atoms with van der Waals surface area (Å²) in [5.74, 6) is 1.88. The maximum Gasteiger partial charge on any atom is 0.00672 e. The van der Waals surface area contributed by atoms with Gasteiger partial charge in [-0.3, -0.25) is 0 Å². The first kappa shape index (κ1) is 11.4. The number of rotatable bonds is 4. The summed E-state index contributed by atoms with van der Waals surface area (Å²) in [6.07, 6.45) is 11.2. The van der Waals surface area contributed by atoms with E-state index in [1.54, 1.807) is 0 Å². The second-order valence-corrected chi connectivity index (χ2v) is 6.69. The summed E-state index contributed by atoms with van der Waals surface area (Å²) in [5.41, 5.74) is 6.90. The van der Waals surface area contributed by atoms with Crippen LogP contribution in [0.2, 0.25) is 0 Å². The van der Waals surface area contributed by atoms with E-state index in [1.165, 1.54) is 51.4 Å². The lowest BCUT2D eigenvalue weighted by molar-refractivity contribution is 0.169. The number of nitrogens with two attached hydrogens (primary N) is 1. The monoisotopic (exact) mass is 209 g/mol. The molecule has 1 heteroatoms. The van der Waals surface area contributed by atoms with E-state index in [1.807, 2.05) is 0 Å². The molecule has 0 amide bonds.